The summed E-state index contributed by atoms with van der Waals surface area (Å²) in [5.74, 6) is -0.996. The zero-order valence-corrected chi connectivity index (χ0v) is 10.5. The van der Waals surface area contributed by atoms with Crippen molar-refractivity contribution in [3.05, 3.63) is 29.6 Å². The lowest BCUT2D eigenvalue weighted by Crippen LogP contribution is -2.47. The van der Waals surface area contributed by atoms with Crippen LogP contribution < -0.4 is 5.32 Å². The first-order chi connectivity index (χ1) is 8.65. The maximum Gasteiger partial charge on any atom is 0.354 e. The van der Waals surface area contributed by atoms with E-state index in [4.69, 9.17) is 9.84 Å². The molecule has 1 aromatic heterocycles. The molecule has 2 rings (SSSR count). The summed E-state index contributed by atoms with van der Waals surface area (Å²) in [6.45, 7) is 1.34. The molecule has 0 aliphatic heterocycles. The predicted octanol–water partition coefficient (Wildman–Crippen LogP) is 1.44. The quantitative estimate of drug-likeness (QED) is 0.799. The van der Waals surface area contributed by atoms with Crippen molar-refractivity contribution >= 4 is 5.97 Å². The number of carboxylic acids is 1. The van der Waals surface area contributed by atoms with Crippen LogP contribution in [0.3, 0.4) is 0 Å². The Bertz CT molecular complexity index is 424. The van der Waals surface area contributed by atoms with Crippen LogP contribution in [0, 0.1) is 0 Å². The highest BCUT2D eigenvalue weighted by Crippen LogP contribution is 2.34. The van der Waals surface area contributed by atoms with Crippen molar-refractivity contribution in [3.63, 3.8) is 0 Å². The number of hydrogen-bond acceptors (Lipinski definition) is 4. The Morgan fingerprint density at radius 3 is 2.89 bits per heavy atom. The zero-order valence-electron chi connectivity index (χ0n) is 10.5. The van der Waals surface area contributed by atoms with Gasteiger partial charge in [0, 0.05) is 20.2 Å². The number of ether oxygens (including phenoxy) is 1. The average Bonchev–Trinajstić information content (AvgIpc) is 2.33. The zero-order chi connectivity index (χ0) is 13.0. The van der Waals surface area contributed by atoms with Gasteiger partial charge in [-0.05, 0) is 31.4 Å². The minimum atomic E-state index is -0.996. The van der Waals surface area contributed by atoms with E-state index >= 15 is 0 Å². The number of nitrogens with one attached hydrogen (secondary N) is 1. The topological polar surface area (TPSA) is 71.5 Å². The lowest BCUT2D eigenvalue weighted by Gasteiger charge is -2.40. The van der Waals surface area contributed by atoms with Gasteiger partial charge in [0.1, 0.15) is 5.69 Å². The van der Waals surface area contributed by atoms with Crippen LogP contribution in [-0.4, -0.2) is 35.3 Å². The van der Waals surface area contributed by atoms with Gasteiger partial charge in [0.2, 0.25) is 0 Å². The molecule has 98 valence electrons. The van der Waals surface area contributed by atoms with Gasteiger partial charge in [0.15, 0.2) is 0 Å². The third kappa shape index (κ3) is 2.86. The summed E-state index contributed by atoms with van der Waals surface area (Å²) in [7, 11) is 1.74. The summed E-state index contributed by atoms with van der Waals surface area (Å²) in [5, 5.41) is 12.1. The number of carboxylic acid groups (broad SMARTS) is 1. The van der Waals surface area contributed by atoms with Gasteiger partial charge in [0.05, 0.1) is 11.3 Å². The molecule has 0 spiro atoms. The number of hydrogen-bond donors (Lipinski definition) is 2. The molecular weight excluding hydrogens is 232 g/mol. The second kappa shape index (κ2) is 5.46. The summed E-state index contributed by atoms with van der Waals surface area (Å²) in [4.78, 5) is 14.8. The van der Waals surface area contributed by atoms with Crippen molar-refractivity contribution in [2.45, 2.75) is 31.4 Å². The molecule has 1 heterocycles. The van der Waals surface area contributed by atoms with Gasteiger partial charge < -0.3 is 15.2 Å². The Labute approximate surface area is 106 Å². The fraction of sp³-hybridized carbons (Fsp3) is 0.538. The van der Waals surface area contributed by atoms with Gasteiger partial charge in [0.25, 0.3) is 0 Å². The van der Waals surface area contributed by atoms with Gasteiger partial charge in [-0.2, -0.15) is 0 Å². The van der Waals surface area contributed by atoms with Crippen LogP contribution in [0.5, 0.6) is 0 Å². The van der Waals surface area contributed by atoms with Crippen LogP contribution >= 0.6 is 0 Å². The molecule has 1 aliphatic rings. The smallest absolute Gasteiger partial charge is 0.354 e. The van der Waals surface area contributed by atoms with Crippen molar-refractivity contribution in [1.29, 1.82) is 0 Å². The largest absolute Gasteiger partial charge is 0.477 e. The number of rotatable bonds is 6. The molecule has 1 saturated carbocycles. The minimum absolute atomic E-state index is 0.0234. The molecule has 5 nitrogen and oxygen atoms in total. The molecule has 1 aromatic rings. The standard InChI is InChI=1S/C13H18N2O3/c1-18-13(6-3-7-13)9-14-8-10-4-2-5-11(15-10)12(16)17/h2,4-5,14H,3,6-9H2,1H3,(H,16,17). The van der Waals surface area contributed by atoms with Crippen molar-refractivity contribution in [1.82, 2.24) is 10.3 Å². The van der Waals surface area contributed by atoms with E-state index in [1.165, 1.54) is 12.5 Å². The van der Waals surface area contributed by atoms with Crippen LogP contribution in [0.2, 0.25) is 0 Å². The maximum atomic E-state index is 10.8. The monoisotopic (exact) mass is 250 g/mol. The molecule has 0 saturated heterocycles. The summed E-state index contributed by atoms with van der Waals surface area (Å²) in [6, 6.07) is 5.02. The van der Waals surface area contributed by atoms with Crippen LogP contribution in [0.4, 0.5) is 0 Å². The number of aromatic nitrogens is 1. The van der Waals surface area contributed by atoms with E-state index in [9.17, 15) is 4.79 Å². The van der Waals surface area contributed by atoms with Gasteiger partial charge in [-0.15, -0.1) is 0 Å². The Hall–Kier alpha value is -1.46. The normalized spacial score (nSPS) is 17.2. The fourth-order valence-electron chi connectivity index (χ4n) is 2.14. The van der Waals surface area contributed by atoms with E-state index in [-0.39, 0.29) is 11.3 Å². The first-order valence-corrected chi connectivity index (χ1v) is 6.10. The number of pyridine rings is 1. The summed E-state index contributed by atoms with van der Waals surface area (Å²) >= 11 is 0. The summed E-state index contributed by atoms with van der Waals surface area (Å²) in [6.07, 6.45) is 3.38. The highest BCUT2D eigenvalue weighted by Gasteiger charge is 2.36. The molecule has 5 heteroatoms. The Kier molecular flexibility index (Phi) is 3.93. The molecule has 0 amide bonds. The highest BCUT2D eigenvalue weighted by molar-refractivity contribution is 5.85. The molecule has 1 fully saturated rings. The van der Waals surface area contributed by atoms with Crippen LogP contribution in [-0.2, 0) is 11.3 Å². The number of methoxy groups -OCH3 is 1. The highest BCUT2D eigenvalue weighted by atomic mass is 16.5. The average molecular weight is 250 g/mol. The van der Waals surface area contributed by atoms with Crippen molar-refractivity contribution < 1.29 is 14.6 Å². The minimum Gasteiger partial charge on any atom is -0.477 e. The SMILES string of the molecule is COC1(CNCc2cccc(C(=O)O)n2)CCC1. The molecule has 0 radical (unpaired) electrons. The van der Waals surface area contributed by atoms with E-state index in [1.807, 2.05) is 6.07 Å². The van der Waals surface area contributed by atoms with Gasteiger partial charge in [-0.25, -0.2) is 9.78 Å². The summed E-state index contributed by atoms with van der Waals surface area (Å²) in [5.41, 5.74) is 0.796. The number of nitrogens with zero attached hydrogens (tertiary/aromatic N) is 1. The van der Waals surface area contributed by atoms with Gasteiger partial charge in [-0.1, -0.05) is 6.07 Å². The third-order valence-corrected chi connectivity index (χ3v) is 3.48. The van der Waals surface area contributed by atoms with E-state index in [0.29, 0.717) is 6.54 Å². The van der Waals surface area contributed by atoms with Crippen molar-refractivity contribution in [3.8, 4) is 0 Å². The Balaban J connectivity index is 1.86. The first kappa shape index (κ1) is 13.0. The fourth-order valence-corrected chi connectivity index (χ4v) is 2.14. The molecular formula is C13H18N2O3. The van der Waals surface area contributed by atoms with Crippen LogP contribution in [0.15, 0.2) is 18.2 Å². The van der Waals surface area contributed by atoms with E-state index < -0.39 is 5.97 Å². The number of aromatic carboxylic acids is 1. The van der Waals surface area contributed by atoms with Crippen LogP contribution in [0.1, 0.15) is 35.4 Å². The second-order valence-corrected chi connectivity index (χ2v) is 4.66. The van der Waals surface area contributed by atoms with E-state index in [0.717, 1.165) is 25.1 Å². The summed E-state index contributed by atoms with van der Waals surface area (Å²) < 4.78 is 5.50. The van der Waals surface area contributed by atoms with Gasteiger partial charge in [-0.3, -0.25) is 0 Å². The molecule has 2 N–H and O–H groups in total. The molecule has 1 aliphatic carbocycles. The molecule has 0 bridgehead atoms. The predicted molar refractivity (Wildman–Crippen MR) is 66.5 cm³/mol. The van der Waals surface area contributed by atoms with E-state index in [1.54, 1.807) is 13.2 Å². The molecule has 0 unspecified atom stereocenters. The first-order valence-electron chi connectivity index (χ1n) is 6.10. The van der Waals surface area contributed by atoms with Crippen molar-refractivity contribution in [2.24, 2.45) is 0 Å². The lowest BCUT2D eigenvalue weighted by molar-refractivity contribution is -0.0695. The van der Waals surface area contributed by atoms with Crippen molar-refractivity contribution in [2.75, 3.05) is 13.7 Å². The molecule has 0 atom stereocenters. The van der Waals surface area contributed by atoms with E-state index in [2.05, 4.69) is 10.3 Å². The number of carbonyl (C=O) groups is 1. The molecule has 18 heavy (non-hydrogen) atoms. The van der Waals surface area contributed by atoms with Gasteiger partial charge >= 0.3 is 5.97 Å². The lowest BCUT2D eigenvalue weighted by atomic mass is 9.80. The third-order valence-electron chi connectivity index (χ3n) is 3.48. The maximum absolute atomic E-state index is 10.8. The Morgan fingerprint density at radius 2 is 2.33 bits per heavy atom. The Morgan fingerprint density at radius 1 is 1.56 bits per heavy atom. The second-order valence-electron chi connectivity index (χ2n) is 4.66. The van der Waals surface area contributed by atoms with Crippen LogP contribution in [0.25, 0.3) is 0 Å². The molecule has 0 aromatic carbocycles.